The van der Waals surface area contributed by atoms with Gasteiger partial charge in [-0.15, -0.1) is 0 Å². The van der Waals surface area contributed by atoms with Crippen LogP contribution < -0.4 is 10.9 Å². The fourth-order valence-electron chi connectivity index (χ4n) is 0.793. The van der Waals surface area contributed by atoms with Crippen molar-refractivity contribution in [3.8, 4) is 0 Å². The number of carboxylic acids is 1. The molecule has 1 radical (unpaired) electrons. The molecule has 0 fully saturated rings. The van der Waals surface area contributed by atoms with E-state index in [1.54, 1.807) is 0 Å². The van der Waals surface area contributed by atoms with Gasteiger partial charge in [0.15, 0.2) is 0 Å². The summed E-state index contributed by atoms with van der Waals surface area (Å²) in [7, 11) is 0. The van der Waals surface area contributed by atoms with Crippen LogP contribution in [-0.2, 0) is 4.79 Å². The smallest absolute Gasteiger partial charge is 0.318 e. The van der Waals surface area contributed by atoms with Crippen molar-refractivity contribution in [2.45, 2.75) is 25.7 Å². The van der Waals surface area contributed by atoms with Crippen LogP contribution in [0.25, 0.3) is 0 Å². The summed E-state index contributed by atoms with van der Waals surface area (Å²) in [6.45, 7) is 4.51. The lowest BCUT2D eigenvalue weighted by Gasteiger charge is -2.03. The van der Waals surface area contributed by atoms with E-state index in [1.165, 1.54) is 0 Å². The van der Waals surface area contributed by atoms with E-state index in [1.807, 2.05) is 0 Å². The Kier molecular flexibility index (Phi) is 8.05. The van der Waals surface area contributed by atoms with Crippen molar-refractivity contribution in [3.05, 3.63) is 6.92 Å². The van der Waals surface area contributed by atoms with Gasteiger partial charge in [0.25, 0.3) is 0 Å². The second-order valence-electron chi connectivity index (χ2n) is 2.59. The van der Waals surface area contributed by atoms with E-state index in [9.17, 15) is 4.79 Å². The number of carbonyl (C=O) groups is 1. The van der Waals surface area contributed by atoms with Crippen LogP contribution in [0.2, 0.25) is 0 Å². The molecule has 0 rings (SSSR count). The average Bonchev–Trinajstić information content (AvgIpc) is 2.02. The maximum absolute atomic E-state index is 10.0. The summed E-state index contributed by atoms with van der Waals surface area (Å²) in [5.74, 6) is -0.847. The predicted octanol–water partition coefficient (Wildman–Crippen LogP) is 0.560. The second kappa shape index (κ2) is 8.49. The van der Waals surface area contributed by atoms with Gasteiger partial charge in [-0.3, -0.25) is 10.2 Å². The monoisotopic (exact) mass is 173 g/mol. The highest BCUT2D eigenvalue weighted by Crippen LogP contribution is 1.95. The minimum Gasteiger partial charge on any atom is -0.480 e. The molecule has 71 valence electrons. The van der Waals surface area contributed by atoms with Crippen molar-refractivity contribution in [1.82, 2.24) is 10.9 Å². The zero-order valence-electron chi connectivity index (χ0n) is 7.31. The Morgan fingerprint density at radius 3 is 2.58 bits per heavy atom. The molecule has 0 bridgehead atoms. The summed E-state index contributed by atoms with van der Waals surface area (Å²) in [6.07, 6.45) is 4.32. The third kappa shape index (κ3) is 9.39. The largest absolute Gasteiger partial charge is 0.480 e. The first-order chi connectivity index (χ1) is 5.77. The topological polar surface area (TPSA) is 61.4 Å². The first-order valence-corrected chi connectivity index (χ1v) is 4.24. The number of hydrogen-bond donors (Lipinski definition) is 3. The third-order valence-electron chi connectivity index (χ3n) is 1.42. The Balaban J connectivity index is 2.86. The Morgan fingerprint density at radius 1 is 1.25 bits per heavy atom. The standard InChI is InChI=1S/C8H17N2O2/c1-2-3-4-5-6-9-10-7-8(11)12/h9-10H,1-7H2,(H,11,12). The number of unbranched alkanes of at least 4 members (excludes halogenated alkanes) is 3. The van der Waals surface area contributed by atoms with Crippen molar-refractivity contribution in [3.63, 3.8) is 0 Å². The Morgan fingerprint density at radius 2 is 2.00 bits per heavy atom. The third-order valence-corrected chi connectivity index (χ3v) is 1.42. The van der Waals surface area contributed by atoms with Gasteiger partial charge in [0, 0.05) is 6.54 Å². The second-order valence-corrected chi connectivity index (χ2v) is 2.59. The van der Waals surface area contributed by atoms with Crippen LogP contribution in [0.5, 0.6) is 0 Å². The Bertz CT molecular complexity index is 118. The minimum atomic E-state index is -0.847. The lowest BCUT2D eigenvalue weighted by atomic mass is 10.2. The van der Waals surface area contributed by atoms with Crippen molar-refractivity contribution in [1.29, 1.82) is 0 Å². The molecule has 0 saturated heterocycles. The van der Waals surface area contributed by atoms with E-state index in [0.29, 0.717) is 0 Å². The number of nitrogens with one attached hydrogen (secondary N) is 2. The molecular formula is C8H17N2O2. The molecule has 0 amide bonds. The van der Waals surface area contributed by atoms with Crippen LogP contribution in [0.4, 0.5) is 0 Å². The highest BCUT2D eigenvalue weighted by atomic mass is 16.4. The van der Waals surface area contributed by atoms with Crippen LogP contribution in [0.1, 0.15) is 25.7 Å². The number of aliphatic carboxylic acids is 1. The Hall–Kier alpha value is -0.610. The summed E-state index contributed by atoms with van der Waals surface area (Å²) in [5, 5.41) is 8.24. The highest BCUT2D eigenvalue weighted by Gasteiger charge is 1.92. The van der Waals surface area contributed by atoms with E-state index in [4.69, 9.17) is 5.11 Å². The number of hydrogen-bond acceptors (Lipinski definition) is 3. The summed E-state index contributed by atoms with van der Waals surface area (Å²) in [5.41, 5.74) is 5.42. The lowest BCUT2D eigenvalue weighted by molar-refractivity contribution is -0.136. The average molecular weight is 173 g/mol. The Labute approximate surface area is 73.3 Å². The molecule has 0 atom stereocenters. The number of carboxylic acid groups (broad SMARTS) is 1. The van der Waals surface area contributed by atoms with E-state index >= 15 is 0 Å². The molecule has 0 spiro atoms. The summed E-state index contributed by atoms with van der Waals surface area (Å²) in [6, 6.07) is 0. The first-order valence-electron chi connectivity index (χ1n) is 4.24. The molecule has 4 heteroatoms. The molecule has 3 N–H and O–H groups in total. The molecule has 0 unspecified atom stereocenters. The van der Waals surface area contributed by atoms with Crippen LogP contribution in [-0.4, -0.2) is 24.2 Å². The molecule has 0 aromatic rings. The van der Waals surface area contributed by atoms with Crippen LogP contribution in [0, 0.1) is 6.92 Å². The molecule has 0 aromatic heterocycles. The summed E-state index contributed by atoms with van der Waals surface area (Å²) in [4.78, 5) is 10.0. The van der Waals surface area contributed by atoms with Gasteiger partial charge < -0.3 is 5.11 Å². The van der Waals surface area contributed by atoms with Crippen molar-refractivity contribution >= 4 is 5.97 Å². The maximum Gasteiger partial charge on any atom is 0.318 e. The van der Waals surface area contributed by atoms with Gasteiger partial charge in [0.2, 0.25) is 0 Å². The molecular weight excluding hydrogens is 156 g/mol. The van der Waals surface area contributed by atoms with Gasteiger partial charge in [-0.25, -0.2) is 5.43 Å². The lowest BCUT2D eigenvalue weighted by Crippen LogP contribution is -2.36. The highest BCUT2D eigenvalue weighted by molar-refractivity contribution is 5.68. The SMILES string of the molecule is [CH2]CCCCCNNCC(=O)O. The zero-order chi connectivity index (χ0) is 9.23. The minimum absolute atomic E-state index is 0.0324. The first kappa shape index (κ1) is 11.4. The van der Waals surface area contributed by atoms with Gasteiger partial charge in [-0.2, -0.15) is 0 Å². The van der Waals surface area contributed by atoms with Crippen LogP contribution in [0.15, 0.2) is 0 Å². The van der Waals surface area contributed by atoms with Gasteiger partial charge in [0.1, 0.15) is 6.54 Å². The van der Waals surface area contributed by atoms with E-state index in [2.05, 4.69) is 17.8 Å². The predicted molar refractivity (Wildman–Crippen MR) is 47.5 cm³/mol. The molecule has 12 heavy (non-hydrogen) atoms. The molecule has 0 aliphatic carbocycles. The summed E-state index contributed by atoms with van der Waals surface area (Å²) < 4.78 is 0. The maximum atomic E-state index is 10.0. The van der Waals surface area contributed by atoms with Gasteiger partial charge in [0.05, 0.1) is 0 Å². The van der Waals surface area contributed by atoms with E-state index in [-0.39, 0.29) is 6.54 Å². The van der Waals surface area contributed by atoms with Crippen molar-refractivity contribution in [2.75, 3.05) is 13.1 Å². The van der Waals surface area contributed by atoms with Gasteiger partial charge in [-0.1, -0.05) is 26.2 Å². The van der Waals surface area contributed by atoms with E-state index < -0.39 is 5.97 Å². The van der Waals surface area contributed by atoms with Crippen molar-refractivity contribution < 1.29 is 9.90 Å². The van der Waals surface area contributed by atoms with Crippen LogP contribution >= 0.6 is 0 Å². The quantitative estimate of drug-likeness (QED) is 0.371. The fraction of sp³-hybridized carbons (Fsp3) is 0.750. The molecule has 0 aliphatic rings. The van der Waals surface area contributed by atoms with Gasteiger partial charge in [-0.05, 0) is 6.42 Å². The molecule has 0 aromatic carbocycles. The number of hydrazine groups is 1. The van der Waals surface area contributed by atoms with Gasteiger partial charge >= 0.3 is 5.97 Å². The molecule has 4 nitrogen and oxygen atoms in total. The summed E-state index contributed by atoms with van der Waals surface area (Å²) >= 11 is 0. The molecule has 0 heterocycles. The zero-order valence-corrected chi connectivity index (χ0v) is 7.31. The fourth-order valence-corrected chi connectivity index (χ4v) is 0.793. The normalized spacial score (nSPS) is 10.1. The van der Waals surface area contributed by atoms with Crippen molar-refractivity contribution in [2.24, 2.45) is 0 Å². The number of rotatable bonds is 8. The van der Waals surface area contributed by atoms with Crippen LogP contribution in [0.3, 0.4) is 0 Å². The molecule has 0 aliphatic heterocycles. The molecule has 0 saturated carbocycles. The van der Waals surface area contributed by atoms with E-state index in [0.717, 1.165) is 32.2 Å².